The van der Waals surface area contributed by atoms with E-state index in [1.807, 2.05) is 25.1 Å². The van der Waals surface area contributed by atoms with Crippen molar-refractivity contribution in [3.05, 3.63) is 73.3 Å². The average Bonchev–Trinajstić information content (AvgIpc) is 2.70. The average molecular weight is 399 g/mol. The molecule has 0 fully saturated rings. The molecule has 2 aromatic rings. The van der Waals surface area contributed by atoms with Gasteiger partial charge in [-0.2, -0.15) is 0 Å². The van der Waals surface area contributed by atoms with Crippen LogP contribution in [0.1, 0.15) is 34.1 Å². The predicted molar refractivity (Wildman–Crippen MR) is 120 cm³/mol. The third-order valence-electron chi connectivity index (χ3n) is 5.40. The van der Waals surface area contributed by atoms with Crippen LogP contribution >= 0.6 is 0 Å². The first-order chi connectivity index (χ1) is 13.3. The van der Waals surface area contributed by atoms with Crippen molar-refractivity contribution in [2.75, 3.05) is 7.11 Å². The normalized spacial score (nSPS) is 15.6. The molecule has 0 saturated carbocycles. The van der Waals surface area contributed by atoms with Crippen LogP contribution in [0.25, 0.3) is 0 Å². The van der Waals surface area contributed by atoms with E-state index in [9.17, 15) is 5.11 Å². The van der Waals surface area contributed by atoms with Crippen LogP contribution in [0.3, 0.4) is 0 Å². The highest BCUT2D eigenvalue weighted by Crippen LogP contribution is 2.38. The highest BCUT2D eigenvalue weighted by molar-refractivity contribution is 6.99. The van der Waals surface area contributed by atoms with Gasteiger partial charge in [0.25, 0.3) is 8.32 Å². The number of methoxy groups -OCH3 is 1. The molecule has 0 radical (unpaired) electrons. The number of ether oxygens (including phenoxy) is 1. The Balaban J connectivity index is 2.56. The van der Waals surface area contributed by atoms with Crippen LogP contribution in [-0.2, 0) is 9.16 Å². The summed E-state index contributed by atoms with van der Waals surface area (Å²) >= 11 is 0. The van der Waals surface area contributed by atoms with E-state index in [0.717, 1.165) is 0 Å². The fraction of sp³-hybridized carbons (Fsp3) is 0.417. The summed E-state index contributed by atoms with van der Waals surface area (Å²) in [5, 5.41) is 12.8. The molecule has 0 aliphatic rings. The van der Waals surface area contributed by atoms with Gasteiger partial charge < -0.3 is 14.3 Å². The zero-order valence-electron chi connectivity index (χ0n) is 17.8. The maximum atomic E-state index is 10.5. The monoisotopic (exact) mass is 398 g/mol. The van der Waals surface area contributed by atoms with Gasteiger partial charge in [-0.25, -0.2) is 0 Å². The second-order valence-electron chi connectivity index (χ2n) is 8.30. The van der Waals surface area contributed by atoms with Crippen molar-refractivity contribution in [3.63, 3.8) is 0 Å². The Bertz CT molecular complexity index is 685. The summed E-state index contributed by atoms with van der Waals surface area (Å²) in [5.41, 5.74) is 0. The Morgan fingerprint density at radius 2 is 1.46 bits per heavy atom. The lowest BCUT2D eigenvalue weighted by atomic mass is 10.1. The topological polar surface area (TPSA) is 38.7 Å². The van der Waals surface area contributed by atoms with E-state index in [2.05, 4.69) is 75.9 Å². The molecule has 0 unspecified atom stereocenters. The Hall–Kier alpha value is -1.72. The van der Waals surface area contributed by atoms with Crippen molar-refractivity contribution in [3.8, 4) is 0 Å². The molecule has 0 aliphatic heterocycles. The minimum absolute atomic E-state index is 0.116. The van der Waals surface area contributed by atoms with Crippen molar-refractivity contribution >= 4 is 18.7 Å². The van der Waals surface area contributed by atoms with Gasteiger partial charge in [-0.15, -0.1) is 6.58 Å². The smallest absolute Gasteiger partial charge is 0.261 e. The highest BCUT2D eigenvalue weighted by Gasteiger charge is 2.51. The van der Waals surface area contributed by atoms with Crippen LogP contribution in [0.15, 0.2) is 73.3 Å². The lowest BCUT2D eigenvalue weighted by molar-refractivity contribution is -0.0173. The van der Waals surface area contributed by atoms with Gasteiger partial charge in [0.2, 0.25) is 0 Å². The molecule has 0 aliphatic carbocycles. The van der Waals surface area contributed by atoms with Gasteiger partial charge in [-0.3, -0.25) is 0 Å². The minimum atomic E-state index is -2.67. The van der Waals surface area contributed by atoms with Crippen molar-refractivity contribution in [1.29, 1.82) is 0 Å². The maximum Gasteiger partial charge on any atom is 0.261 e. The Labute approximate surface area is 171 Å². The first-order valence-electron chi connectivity index (χ1n) is 9.88. The van der Waals surface area contributed by atoms with Crippen LogP contribution in [0, 0.1) is 0 Å². The van der Waals surface area contributed by atoms with Crippen molar-refractivity contribution in [2.24, 2.45) is 0 Å². The largest absolute Gasteiger partial charge is 0.401 e. The number of rotatable bonds is 9. The number of aliphatic hydroxyl groups is 1. The van der Waals surface area contributed by atoms with Gasteiger partial charge in [-0.1, -0.05) is 87.5 Å². The molecular weight excluding hydrogens is 364 g/mol. The molecule has 2 aromatic carbocycles. The molecule has 1 N–H and O–H groups in total. The quantitative estimate of drug-likeness (QED) is 0.514. The summed E-state index contributed by atoms with van der Waals surface area (Å²) in [6.45, 7) is 12.6. The lowest BCUT2D eigenvalue weighted by Crippen LogP contribution is -2.67. The summed E-state index contributed by atoms with van der Waals surface area (Å²) < 4.78 is 12.3. The van der Waals surface area contributed by atoms with Gasteiger partial charge in [0.05, 0.1) is 18.3 Å². The molecule has 2 rings (SSSR count). The summed E-state index contributed by atoms with van der Waals surface area (Å²) in [4.78, 5) is 0. The van der Waals surface area contributed by atoms with E-state index in [1.165, 1.54) is 10.4 Å². The van der Waals surface area contributed by atoms with E-state index in [-0.39, 0.29) is 17.2 Å². The second kappa shape index (κ2) is 9.66. The van der Waals surface area contributed by atoms with Gasteiger partial charge in [-0.05, 0) is 22.3 Å². The summed E-state index contributed by atoms with van der Waals surface area (Å²) in [6, 6.07) is 21.0. The molecule has 0 saturated heterocycles. The molecule has 28 heavy (non-hydrogen) atoms. The SMILES string of the molecule is C=C[C@H](C[C@H](O)[C@@H](C)OC)O[Si](c1ccccc1)(c1ccccc1)C(C)(C)C. The van der Waals surface area contributed by atoms with E-state index in [0.29, 0.717) is 6.42 Å². The van der Waals surface area contributed by atoms with Gasteiger partial charge in [0, 0.05) is 13.5 Å². The second-order valence-corrected chi connectivity index (χ2v) is 12.6. The molecule has 3 nitrogen and oxygen atoms in total. The lowest BCUT2D eigenvalue weighted by Gasteiger charge is -2.45. The standard InChI is InChI=1S/C24H34O3Si/c1-7-20(18-23(25)19(2)26-6)27-28(24(3,4)5,21-14-10-8-11-15-21)22-16-12-9-13-17-22/h7-17,19-20,23,25H,1,18H2,2-6H3/t19-,20-,23+/m1/s1. The Morgan fingerprint density at radius 1 is 1.00 bits per heavy atom. The van der Waals surface area contributed by atoms with E-state index < -0.39 is 14.4 Å². The van der Waals surface area contributed by atoms with E-state index >= 15 is 0 Å². The third-order valence-corrected chi connectivity index (χ3v) is 10.5. The molecule has 0 amide bonds. The van der Waals surface area contributed by atoms with Gasteiger partial charge in [0.1, 0.15) is 0 Å². The molecule has 4 heteroatoms. The Morgan fingerprint density at radius 3 is 1.82 bits per heavy atom. The van der Waals surface area contributed by atoms with Crippen LogP contribution in [0.4, 0.5) is 0 Å². The van der Waals surface area contributed by atoms with Crippen LogP contribution in [-0.4, -0.2) is 38.8 Å². The van der Waals surface area contributed by atoms with Crippen molar-refractivity contribution in [2.45, 2.75) is 57.5 Å². The number of hydrogen-bond donors (Lipinski definition) is 1. The third kappa shape index (κ3) is 4.81. The number of benzene rings is 2. The fourth-order valence-corrected chi connectivity index (χ4v) is 8.36. The molecular formula is C24H34O3Si. The van der Waals surface area contributed by atoms with Crippen molar-refractivity contribution in [1.82, 2.24) is 0 Å². The van der Waals surface area contributed by atoms with Crippen LogP contribution in [0.2, 0.25) is 5.04 Å². The van der Waals surface area contributed by atoms with Gasteiger partial charge in [0.15, 0.2) is 0 Å². The molecule has 0 heterocycles. The molecule has 0 bridgehead atoms. The van der Waals surface area contributed by atoms with Crippen molar-refractivity contribution < 1.29 is 14.3 Å². The van der Waals surface area contributed by atoms with Gasteiger partial charge >= 0.3 is 0 Å². The Kier molecular flexibility index (Phi) is 7.78. The number of aliphatic hydroxyl groups excluding tert-OH is 1. The van der Waals surface area contributed by atoms with Crippen LogP contribution in [0.5, 0.6) is 0 Å². The van der Waals surface area contributed by atoms with E-state index in [4.69, 9.17) is 9.16 Å². The highest BCUT2D eigenvalue weighted by atomic mass is 28.4. The molecule has 0 aromatic heterocycles. The fourth-order valence-electron chi connectivity index (χ4n) is 3.70. The molecule has 0 spiro atoms. The molecule has 152 valence electrons. The minimum Gasteiger partial charge on any atom is -0.401 e. The summed E-state index contributed by atoms with van der Waals surface area (Å²) in [5.74, 6) is 0. The molecule has 3 atom stereocenters. The predicted octanol–water partition coefficient (Wildman–Crippen LogP) is 3.90. The zero-order valence-corrected chi connectivity index (χ0v) is 18.8. The van der Waals surface area contributed by atoms with Crippen LogP contribution < -0.4 is 10.4 Å². The summed E-state index contributed by atoms with van der Waals surface area (Å²) in [6.07, 6.45) is 1.10. The zero-order chi connectivity index (χ0) is 20.8. The first kappa shape index (κ1) is 22.6. The summed E-state index contributed by atoms with van der Waals surface area (Å²) in [7, 11) is -1.06. The maximum absolute atomic E-state index is 10.5. The van der Waals surface area contributed by atoms with E-state index in [1.54, 1.807) is 7.11 Å². The first-order valence-corrected chi connectivity index (χ1v) is 11.8. The number of hydrogen-bond acceptors (Lipinski definition) is 3.